The molecule has 0 spiro atoms. The van der Waals surface area contributed by atoms with Crippen LogP contribution in [0.5, 0.6) is 0 Å². The normalized spacial score (nSPS) is 10.9. The van der Waals surface area contributed by atoms with Crippen LogP contribution in [0.3, 0.4) is 0 Å². The summed E-state index contributed by atoms with van der Waals surface area (Å²) in [5, 5.41) is 11.4. The van der Waals surface area contributed by atoms with Gasteiger partial charge in [0.15, 0.2) is 5.15 Å². The first-order valence-corrected chi connectivity index (χ1v) is 5.85. The van der Waals surface area contributed by atoms with Crippen molar-refractivity contribution in [3.63, 3.8) is 0 Å². The summed E-state index contributed by atoms with van der Waals surface area (Å²) in [6.45, 7) is 0.0884. The van der Waals surface area contributed by atoms with Crippen molar-refractivity contribution in [2.45, 2.75) is 6.42 Å². The zero-order chi connectivity index (χ0) is 10.8. The lowest BCUT2D eigenvalue weighted by Gasteiger charge is -2.02. The molecular formula is C10H11ClN2OS. The van der Waals surface area contributed by atoms with E-state index >= 15 is 0 Å². The molecule has 0 aromatic carbocycles. The van der Waals surface area contributed by atoms with E-state index in [0.717, 1.165) is 16.4 Å². The first kappa shape index (κ1) is 10.7. The highest BCUT2D eigenvalue weighted by atomic mass is 35.5. The first-order chi connectivity index (χ1) is 7.24. The van der Waals surface area contributed by atoms with Crippen LogP contribution in [-0.2, 0) is 13.5 Å². The Balaban J connectivity index is 2.48. The molecule has 2 rings (SSSR count). The summed E-state index contributed by atoms with van der Waals surface area (Å²) in [7, 11) is 1.92. The van der Waals surface area contributed by atoms with E-state index in [1.54, 1.807) is 11.3 Å². The predicted molar refractivity (Wildman–Crippen MR) is 62.3 cm³/mol. The van der Waals surface area contributed by atoms with Crippen LogP contribution in [0.4, 0.5) is 0 Å². The third-order valence-electron chi connectivity index (χ3n) is 2.24. The standard InChI is InChI=1S/C10H11ClN2OS/c1-13-8(4-5-14)12-10(11)9(13)7-3-2-6-15-7/h2-3,6,14H,4-5H2,1H3. The minimum Gasteiger partial charge on any atom is -0.396 e. The molecule has 0 amide bonds. The summed E-state index contributed by atoms with van der Waals surface area (Å²) in [5.41, 5.74) is 0.926. The lowest BCUT2D eigenvalue weighted by molar-refractivity contribution is 0.295. The summed E-state index contributed by atoms with van der Waals surface area (Å²) in [6.07, 6.45) is 0.529. The summed E-state index contributed by atoms with van der Waals surface area (Å²) in [5.74, 6) is 0.811. The van der Waals surface area contributed by atoms with Crippen LogP contribution in [0.15, 0.2) is 17.5 Å². The van der Waals surface area contributed by atoms with Gasteiger partial charge in [0, 0.05) is 13.5 Å². The average Bonchev–Trinajstić information content (AvgIpc) is 2.77. The highest BCUT2D eigenvalue weighted by molar-refractivity contribution is 7.13. The number of hydrogen-bond donors (Lipinski definition) is 1. The van der Waals surface area contributed by atoms with Gasteiger partial charge in [0.2, 0.25) is 0 Å². The third-order valence-corrected chi connectivity index (χ3v) is 3.38. The molecule has 5 heteroatoms. The molecule has 0 aliphatic rings. The Kier molecular flexibility index (Phi) is 3.09. The molecule has 0 aliphatic heterocycles. The lowest BCUT2D eigenvalue weighted by Crippen LogP contribution is -2.01. The summed E-state index contributed by atoms with van der Waals surface area (Å²) < 4.78 is 1.93. The minimum atomic E-state index is 0.0884. The highest BCUT2D eigenvalue weighted by Crippen LogP contribution is 2.31. The second kappa shape index (κ2) is 4.35. The molecule has 3 nitrogen and oxygen atoms in total. The van der Waals surface area contributed by atoms with Crippen molar-refractivity contribution < 1.29 is 5.11 Å². The van der Waals surface area contributed by atoms with Crippen LogP contribution in [0, 0.1) is 0 Å². The van der Waals surface area contributed by atoms with Gasteiger partial charge in [-0.25, -0.2) is 4.98 Å². The molecule has 0 radical (unpaired) electrons. The van der Waals surface area contributed by atoms with Gasteiger partial charge in [-0.15, -0.1) is 11.3 Å². The van der Waals surface area contributed by atoms with Crippen LogP contribution < -0.4 is 0 Å². The van der Waals surface area contributed by atoms with Crippen molar-refractivity contribution in [3.05, 3.63) is 28.5 Å². The molecule has 0 saturated carbocycles. The molecule has 0 bridgehead atoms. The van der Waals surface area contributed by atoms with Gasteiger partial charge in [-0.2, -0.15) is 0 Å². The van der Waals surface area contributed by atoms with Gasteiger partial charge in [-0.3, -0.25) is 0 Å². The fraction of sp³-hybridized carbons (Fsp3) is 0.300. The Hall–Kier alpha value is -0.840. The van der Waals surface area contributed by atoms with Crippen LogP contribution in [0.1, 0.15) is 5.82 Å². The van der Waals surface area contributed by atoms with E-state index in [1.807, 2.05) is 29.1 Å². The maximum absolute atomic E-state index is 8.88. The number of aliphatic hydroxyl groups is 1. The monoisotopic (exact) mass is 242 g/mol. The maximum Gasteiger partial charge on any atom is 0.156 e. The van der Waals surface area contributed by atoms with Gasteiger partial charge in [-0.1, -0.05) is 17.7 Å². The molecule has 0 fully saturated rings. The molecule has 80 valence electrons. The van der Waals surface area contributed by atoms with Crippen LogP contribution in [-0.4, -0.2) is 21.3 Å². The van der Waals surface area contributed by atoms with Crippen molar-refractivity contribution in [2.24, 2.45) is 7.05 Å². The fourth-order valence-electron chi connectivity index (χ4n) is 1.51. The zero-order valence-corrected chi connectivity index (χ0v) is 9.85. The smallest absolute Gasteiger partial charge is 0.156 e. The van der Waals surface area contributed by atoms with Crippen LogP contribution in [0.25, 0.3) is 10.6 Å². The van der Waals surface area contributed by atoms with E-state index in [0.29, 0.717) is 11.6 Å². The Labute approximate surface area is 97.0 Å². The Morgan fingerprint density at radius 3 is 3.00 bits per heavy atom. The number of nitrogens with zero attached hydrogens (tertiary/aromatic N) is 2. The molecule has 2 aromatic heterocycles. The molecule has 15 heavy (non-hydrogen) atoms. The van der Waals surface area contributed by atoms with E-state index in [-0.39, 0.29) is 6.61 Å². The Bertz CT molecular complexity index is 450. The van der Waals surface area contributed by atoms with Gasteiger partial charge < -0.3 is 9.67 Å². The van der Waals surface area contributed by atoms with Crippen LogP contribution in [0.2, 0.25) is 5.15 Å². The number of rotatable bonds is 3. The Morgan fingerprint density at radius 2 is 2.40 bits per heavy atom. The number of thiophene rings is 1. The molecule has 2 aromatic rings. The van der Waals surface area contributed by atoms with E-state index in [4.69, 9.17) is 16.7 Å². The third kappa shape index (κ3) is 1.93. The summed E-state index contributed by atoms with van der Waals surface area (Å²) >= 11 is 7.70. The lowest BCUT2D eigenvalue weighted by atomic mass is 10.3. The Morgan fingerprint density at radius 1 is 1.60 bits per heavy atom. The van der Waals surface area contributed by atoms with E-state index in [2.05, 4.69) is 4.98 Å². The van der Waals surface area contributed by atoms with Gasteiger partial charge in [-0.05, 0) is 11.4 Å². The van der Waals surface area contributed by atoms with Crippen molar-refractivity contribution >= 4 is 22.9 Å². The molecule has 2 heterocycles. The quantitative estimate of drug-likeness (QED) is 0.897. The van der Waals surface area contributed by atoms with Gasteiger partial charge in [0.25, 0.3) is 0 Å². The van der Waals surface area contributed by atoms with Crippen molar-refractivity contribution in [3.8, 4) is 10.6 Å². The summed E-state index contributed by atoms with van der Waals surface area (Å²) in [4.78, 5) is 5.33. The molecule has 0 aliphatic carbocycles. The van der Waals surface area contributed by atoms with Gasteiger partial charge in [0.1, 0.15) is 5.82 Å². The second-order valence-electron chi connectivity index (χ2n) is 3.18. The second-order valence-corrected chi connectivity index (χ2v) is 4.48. The zero-order valence-electron chi connectivity index (χ0n) is 8.27. The number of aliphatic hydroxyl groups excluding tert-OH is 1. The van der Waals surface area contributed by atoms with Gasteiger partial charge >= 0.3 is 0 Å². The van der Waals surface area contributed by atoms with Crippen molar-refractivity contribution in [2.75, 3.05) is 6.61 Å². The number of imidazole rings is 1. The summed E-state index contributed by atoms with van der Waals surface area (Å²) in [6, 6.07) is 3.99. The van der Waals surface area contributed by atoms with Crippen molar-refractivity contribution in [1.82, 2.24) is 9.55 Å². The fourth-order valence-corrected chi connectivity index (χ4v) is 2.70. The number of hydrogen-bond acceptors (Lipinski definition) is 3. The van der Waals surface area contributed by atoms with E-state index in [9.17, 15) is 0 Å². The van der Waals surface area contributed by atoms with Gasteiger partial charge in [0.05, 0.1) is 17.2 Å². The molecule has 1 N–H and O–H groups in total. The molecule has 0 atom stereocenters. The predicted octanol–water partition coefficient (Wildman–Crippen LogP) is 2.34. The number of halogens is 1. The SMILES string of the molecule is Cn1c(CCO)nc(Cl)c1-c1cccs1. The average molecular weight is 243 g/mol. The number of aromatic nitrogens is 2. The minimum absolute atomic E-state index is 0.0884. The maximum atomic E-state index is 8.88. The molecule has 0 saturated heterocycles. The topological polar surface area (TPSA) is 38.0 Å². The van der Waals surface area contributed by atoms with E-state index in [1.165, 1.54) is 0 Å². The molecular weight excluding hydrogens is 232 g/mol. The van der Waals surface area contributed by atoms with Crippen LogP contribution >= 0.6 is 22.9 Å². The first-order valence-electron chi connectivity index (χ1n) is 4.60. The van der Waals surface area contributed by atoms with E-state index < -0.39 is 0 Å². The molecule has 0 unspecified atom stereocenters. The highest BCUT2D eigenvalue weighted by Gasteiger charge is 2.14. The largest absolute Gasteiger partial charge is 0.396 e. The van der Waals surface area contributed by atoms with Crippen molar-refractivity contribution in [1.29, 1.82) is 0 Å².